The second-order valence-corrected chi connectivity index (χ2v) is 6.00. The number of nitrogens with one attached hydrogen (secondary N) is 1. The molecule has 0 aliphatic heterocycles. The minimum Gasteiger partial charge on any atom is -0.341 e. The van der Waals surface area contributed by atoms with Gasteiger partial charge in [0.05, 0.1) is 6.04 Å². The SMILES string of the molecule is Cc1ccccc1C(=O)N[C@H](c1ccc(Cl)cc1)c1cccnc1. The highest BCUT2D eigenvalue weighted by atomic mass is 35.5. The van der Waals surface area contributed by atoms with Crippen LogP contribution in [0.25, 0.3) is 0 Å². The maximum Gasteiger partial charge on any atom is 0.252 e. The van der Waals surface area contributed by atoms with Crippen molar-refractivity contribution in [3.63, 3.8) is 0 Å². The topological polar surface area (TPSA) is 42.0 Å². The standard InChI is InChI=1S/C20H17ClN2O/c1-14-5-2-3-7-18(14)20(24)23-19(16-6-4-12-22-13-16)15-8-10-17(21)11-9-15/h2-13,19H,1H3,(H,23,24)/t19-/m1/s1. The Balaban J connectivity index is 1.95. The Bertz CT molecular complexity index is 832. The number of carbonyl (C=O) groups is 1. The Labute approximate surface area is 146 Å². The number of nitrogens with zero attached hydrogens (tertiary/aromatic N) is 1. The first kappa shape index (κ1) is 16.2. The van der Waals surface area contributed by atoms with Gasteiger partial charge in [-0.2, -0.15) is 0 Å². The highest BCUT2D eigenvalue weighted by Crippen LogP contribution is 2.24. The van der Waals surface area contributed by atoms with Gasteiger partial charge in [-0.1, -0.05) is 48.0 Å². The lowest BCUT2D eigenvalue weighted by Crippen LogP contribution is -2.29. The first-order chi connectivity index (χ1) is 11.6. The van der Waals surface area contributed by atoms with Crippen LogP contribution in [0.4, 0.5) is 0 Å². The van der Waals surface area contributed by atoms with E-state index in [1.165, 1.54) is 0 Å². The number of rotatable bonds is 4. The number of aromatic nitrogens is 1. The summed E-state index contributed by atoms with van der Waals surface area (Å²) in [6, 6.07) is 18.5. The highest BCUT2D eigenvalue weighted by molar-refractivity contribution is 6.30. The van der Waals surface area contributed by atoms with Crippen LogP contribution in [0.5, 0.6) is 0 Å². The zero-order chi connectivity index (χ0) is 16.9. The second-order valence-electron chi connectivity index (χ2n) is 5.56. The Kier molecular flexibility index (Phi) is 4.92. The summed E-state index contributed by atoms with van der Waals surface area (Å²) < 4.78 is 0. The minimum atomic E-state index is -0.289. The number of hydrogen-bond acceptors (Lipinski definition) is 2. The van der Waals surface area contributed by atoms with Crippen molar-refractivity contribution in [1.29, 1.82) is 0 Å². The van der Waals surface area contributed by atoms with Crippen molar-refractivity contribution in [2.75, 3.05) is 0 Å². The fourth-order valence-corrected chi connectivity index (χ4v) is 2.72. The summed E-state index contributed by atoms with van der Waals surface area (Å²) in [4.78, 5) is 16.9. The molecule has 0 bridgehead atoms. The Hall–Kier alpha value is -2.65. The Morgan fingerprint density at radius 1 is 1.00 bits per heavy atom. The average molecular weight is 337 g/mol. The van der Waals surface area contributed by atoms with E-state index < -0.39 is 0 Å². The van der Waals surface area contributed by atoms with Crippen molar-refractivity contribution < 1.29 is 4.79 Å². The van der Waals surface area contributed by atoms with Crippen LogP contribution in [0.1, 0.15) is 33.1 Å². The number of amides is 1. The predicted molar refractivity (Wildman–Crippen MR) is 96.2 cm³/mol. The lowest BCUT2D eigenvalue weighted by molar-refractivity contribution is 0.0942. The third-order valence-corrected chi connectivity index (χ3v) is 4.14. The van der Waals surface area contributed by atoms with Crippen LogP contribution in [0.2, 0.25) is 5.02 Å². The lowest BCUT2D eigenvalue weighted by atomic mass is 9.99. The molecule has 1 N–H and O–H groups in total. The molecule has 3 aromatic rings. The van der Waals surface area contributed by atoms with Crippen LogP contribution >= 0.6 is 11.6 Å². The van der Waals surface area contributed by atoms with Gasteiger partial charge in [-0.05, 0) is 47.9 Å². The van der Waals surface area contributed by atoms with E-state index in [0.717, 1.165) is 16.7 Å². The maximum absolute atomic E-state index is 12.7. The molecule has 0 spiro atoms. The largest absolute Gasteiger partial charge is 0.341 e. The number of pyridine rings is 1. The summed E-state index contributed by atoms with van der Waals surface area (Å²) in [6.07, 6.45) is 3.48. The quantitative estimate of drug-likeness (QED) is 0.758. The van der Waals surface area contributed by atoms with Gasteiger partial charge in [0.1, 0.15) is 0 Å². The normalized spacial score (nSPS) is 11.8. The molecule has 0 saturated carbocycles. The molecule has 0 unspecified atom stereocenters. The molecule has 2 aromatic carbocycles. The van der Waals surface area contributed by atoms with Gasteiger partial charge < -0.3 is 5.32 Å². The predicted octanol–water partition coefficient (Wildman–Crippen LogP) is 4.56. The molecule has 1 aromatic heterocycles. The summed E-state index contributed by atoms with van der Waals surface area (Å²) in [5, 5.41) is 3.77. The molecule has 0 radical (unpaired) electrons. The fraction of sp³-hybridized carbons (Fsp3) is 0.100. The summed E-state index contributed by atoms with van der Waals surface area (Å²) in [7, 11) is 0. The minimum absolute atomic E-state index is 0.114. The fourth-order valence-electron chi connectivity index (χ4n) is 2.60. The van der Waals surface area contributed by atoms with E-state index >= 15 is 0 Å². The van der Waals surface area contributed by atoms with Crippen molar-refractivity contribution in [2.45, 2.75) is 13.0 Å². The van der Waals surface area contributed by atoms with Crippen molar-refractivity contribution in [1.82, 2.24) is 10.3 Å². The molecular formula is C20H17ClN2O. The molecule has 120 valence electrons. The molecule has 0 aliphatic carbocycles. The third kappa shape index (κ3) is 3.63. The molecule has 1 atom stereocenters. The zero-order valence-corrected chi connectivity index (χ0v) is 14.0. The monoisotopic (exact) mass is 336 g/mol. The molecule has 0 aliphatic rings. The molecule has 0 fully saturated rings. The van der Waals surface area contributed by atoms with Gasteiger partial charge in [-0.15, -0.1) is 0 Å². The van der Waals surface area contributed by atoms with Crippen molar-refractivity contribution in [2.24, 2.45) is 0 Å². The summed E-state index contributed by atoms with van der Waals surface area (Å²) in [5.74, 6) is -0.114. The Morgan fingerprint density at radius 3 is 2.42 bits per heavy atom. The molecule has 3 rings (SSSR count). The number of hydrogen-bond donors (Lipinski definition) is 1. The van der Waals surface area contributed by atoms with Crippen LogP contribution in [-0.4, -0.2) is 10.9 Å². The lowest BCUT2D eigenvalue weighted by Gasteiger charge is -2.20. The van der Waals surface area contributed by atoms with Crippen molar-refractivity contribution in [3.8, 4) is 0 Å². The molecule has 3 nitrogen and oxygen atoms in total. The molecule has 24 heavy (non-hydrogen) atoms. The van der Waals surface area contributed by atoms with Gasteiger partial charge in [-0.3, -0.25) is 9.78 Å². The molecule has 1 heterocycles. The van der Waals surface area contributed by atoms with E-state index in [2.05, 4.69) is 10.3 Å². The van der Waals surface area contributed by atoms with Gasteiger partial charge >= 0.3 is 0 Å². The van der Waals surface area contributed by atoms with Gasteiger partial charge in [0.2, 0.25) is 0 Å². The average Bonchev–Trinajstić information content (AvgIpc) is 2.61. The highest BCUT2D eigenvalue weighted by Gasteiger charge is 2.18. The summed E-state index contributed by atoms with van der Waals surface area (Å²) >= 11 is 5.99. The second kappa shape index (κ2) is 7.28. The first-order valence-corrected chi connectivity index (χ1v) is 8.05. The molecule has 4 heteroatoms. The van der Waals surface area contributed by atoms with E-state index in [9.17, 15) is 4.79 Å². The van der Waals surface area contributed by atoms with Crippen LogP contribution in [0.15, 0.2) is 73.1 Å². The van der Waals surface area contributed by atoms with Crippen molar-refractivity contribution >= 4 is 17.5 Å². The van der Waals surface area contributed by atoms with E-state index in [4.69, 9.17) is 11.6 Å². The van der Waals surface area contributed by atoms with E-state index in [0.29, 0.717) is 10.6 Å². The van der Waals surface area contributed by atoms with E-state index in [-0.39, 0.29) is 11.9 Å². The van der Waals surface area contributed by atoms with Crippen molar-refractivity contribution in [3.05, 3.63) is 100 Å². The summed E-state index contributed by atoms with van der Waals surface area (Å²) in [6.45, 7) is 1.93. The molecule has 1 amide bonds. The number of aryl methyl sites for hydroxylation is 1. The molecular weight excluding hydrogens is 320 g/mol. The van der Waals surface area contributed by atoms with Gasteiger partial charge in [-0.25, -0.2) is 0 Å². The zero-order valence-electron chi connectivity index (χ0n) is 13.2. The number of benzene rings is 2. The molecule has 0 saturated heterocycles. The van der Waals surface area contributed by atoms with Gasteiger partial charge in [0.25, 0.3) is 5.91 Å². The Morgan fingerprint density at radius 2 is 1.75 bits per heavy atom. The first-order valence-electron chi connectivity index (χ1n) is 7.67. The number of halogens is 1. The smallest absolute Gasteiger partial charge is 0.252 e. The van der Waals surface area contributed by atoms with Crippen LogP contribution in [0.3, 0.4) is 0 Å². The van der Waals surface area contributed by atoms with Gasteiger partial charge in [0, 0.05) is 23.0 Å². The third-order valence-electron chi connectivity index (χ3n) is 3.89. The maximum atomic E-state index is 12.7. The van der Waals surface area contributed by atoms with E-state index in [1.807, 2.05) is 67.6 Å². The number of carbonyl (C=O) groups excluding carboxylic acids is 1. The van der Waals surface area contributed by atoms with E-state index in [1.54, 1.807) is 12.4 Å². The van der Waals surface area contributed by atoms with Crippen LogP contribution < -0.4 is 5.32 Å². The van der Waals surface area contributed by atoms with Crippen LogP contribution in [0, 0.1) is 6.92 Å². The van der Waals surface area contributed by atoms with Crippen LogP contribution in [-0.2, 0) is 0 Å². The summed E-state index contributed by atoms with van der Waals surface area (Å²) in [5.41, 5.74) is 3.48. The van der Waals surface area contributed by atoms with Gasteiger partial charge in [0.15, 0.2) is 0 Å².